The first-order valence-corrected chi connectivity index (χ1v) is 16.8. The summed E-state index contributed by atoms with van der Waals surface area (Å²) in [5.74, 6) is 0.405. The fourth-order valence-corrected chi connectivity index (χ4v) is 7.29. The van der Waals surface area contributed by atoms with Crippen molar-refractivity contribution < 1.29 is 23.9 Å². The molecule has 244 valence electrons. The molecule has 0 saturated heterocycles. The number of non-ortho nitro benzene ring substituents is 1. The minimum atomic E-state index is -0.741. The molecule has 1 aliphatic heterocycles. The number of hydrogen-bond donors (Lipinski definition) is 0. The molecular weight excluding hydrogens is 698 g/mol. The van der Waals surface area contributed by atoms with Gasteiger partial charge in [-0.25, -0.2) is 9.79 Å². The Bertz CT molecular complexity index is 2270. The molecule has 10 nitrogen and oxygen atoms in total. The highest BCUT2D eigenvalue weighted by Crippen LogP contribution is 2.38. The van der Waals surface area contributed by atoms with Gasteiger partial charge in [-0.2, -0.15) is 0 Å². The van der Waals surface area contributed by atoms with Crippen LogP contribution in [-0.4, -0.2) is 28.7 Å². The van der Waals surface area contributed by atoms with Crippen molar-refractivity contribution in [1.82, 2.24) is 4.57 Å². The molecule has 12 heteroatoms. The van der Waals surface area contributed by atoms with E-state index in [2.05, 4.69) is 15.9 Å². The van der Waals surface area contributed by atoms with Gasteiger partial charge in [0.1, 0.15) is 6.61 Å². The van der Waals surface area contributed by atoms with Crippen LogP contribution in [0.5, 0.6) is 11.5 Å². The number of aromatic nitrogens is 1. The van der Waals surface area contributed by atoms with Gasteiger partial charge in [0.15, 0.2) is 16.3 Å². The van der Waals surface area contributed by atoms with Gasteiger partial charge in [0.25, 0.3) is 11.2 Å². The number of allylic oxidation sites excluding steroid dienone is 1. The second-order valence-electron chi connectivity index (χ2n) is 10.8. The van der Waals surface area contributed by atoms with E-state index in [1.54, 1.807) is 42.7 Å². The maximum Gasteiger partial charge on any atom is 0.338 e. The van der Waals surface area contributed by atoms with E-state index in [0.29, 0.717) is 48.7 Å². The molecule has 5 aromatic rings. The van der Waals surface area contributed by atoms with Crippen LogP contribution in [0.1, 0.15) is 43.5 Å². The first-order valence-electron chi connectivity index (χ1n) is 15.2. The van der Waals surface area contributed by atoms with Crippen molar-refractivity contribution >= 4 is 55.8 Å². The number of fused-ring (bicyclic) bond motifs is 2. The van der Waals surface area contributed by atoms with Gasteiger partial charge in [0.05, 0.1) is 44.5 Å². The van der Waals surface area contributed by atoms with Gasteiger partial charge in [0, 0.05) is 12.1 Å². The Balaban J connectivity index is 1.43. The van der Waals surface area contributed by atoms with Crippen LogP contribution < -0.4 is 24.4 Å². The molecule has 1 atom stereocenters. The Morgan fingerprint density at radius 3 is 2.52 bits per heavy atom. The second kappa shape index (κ2) is 14.0. The molecule has 0 unspecified atom stereocenters. The lowest BCUT2D eigenvalue weighted by molar-refractivity contribution is -0.384. The number of carbonyl (C=O) groups excluding carboxylic acids is 1. The summed E-state index contributed by atoms with van der Waals surface area (Å²) in [7, 11) is 0. The number of nitro benzene ring substituents is 1. The van der Waals surface area contributed by atoms with Crippen molar-refractivity contribution in [3.8, 4) is 11.5 Å². The van der Waals surface area contributed by atoms with Gasteiger partial charge < -0.3 is 14.2 Å². The summed E-state index contributed by atoms with van der Waals surface area (Å²) < 4.78 is 20.1. The summed E-state index contributed by atoms with van der Waals surface area (Å²) >= 11 is 4.84. The lowest BCUT2D eigenvalue weighted by Crippen LogP contribution is -2.40. The summed E-state index contributed by atoms with van der Waals surface area (Å²) in [4.78, 5) is 43.4. The van der Waals surface area contributed by atoms with E-state index >= 15 is 0 Å². The highest BCUT2D eigenvalue weighted by atomic mass is 79.9. The first-order chi connectivity index (χ1) is 23.2. The maximum absolute atomic E-state index is 14.3. The van der Waals surface area contributed by atoms with Crippen LogP contribution in [0.2, 0.25) is 0 Å². The van der Waals surface area contributed by atoms with Gasteiger partial charge in [-0.1, -0.05) is 53.8 Å². The van der Waals surface area contributed by atoms with E-state index in [0.717, 1.165) is 21.9 Å². The molecule has 0 aliphatic carbocycles. The van der Waals surface area contributed by atoms with E-state index in [-0.39, 0.29) is 24.5 Å². The van der Waals surface area contributed by atoms with E-state index < -0.39 is 16.9 Å². The van der Waals surface area contributed by atoms with Gasteiger partial charge >= 0.3 is 5.97 Å². The molecule has 48 heavy (non-hydrogen) atoms. The SMILES string of the molecule is CCOC(=O)C1=C(C)N=c2s/c(=C\c3cc(Br)c(OCc4ccc([N+](=O)[O-])cc4)c(OCC)c3)c(=O)n2[C@@H]1c1cccc2ccccc12. The van der Waals surface area contributed by atoms with Crippen molar-refractivity contribution in [2.75, 3.05) is 13.2 Å². The topological polar surface area (TPSA) is 122 Å². The fraction of sp³-hybridized carbons (Fsp3) is 0.194. The normalized spacial score (nSPS) is 14.4. The highest BCUT2D eigenvalue weighted by molar-refractivity contribution is 9.10. The molecule has 6 rings (SSSR count). The lowest BCUT2D eigenvalue weighted by Gasteiger charge is -2.25. The Morgan fingerprint density at radius 1 is 1.04 bits per heavy atom. The van der Waals surface area contributed by atoms with E-state index in [4.69, 9.17) is 19.2 Å². The van der Waals surface area contributed by atoms with Crippen molar-refractivity contribution in [2.45, 2.75) is 33.4 Å². The molecule has 0 fully saturated rings. The molecule has 0 spiro atoms. The Hall–Kier alpha value is -5.07. The molecular formula is C36H30BrN3O7S. The summed E-state index contributed by atoms with van der Waals surface area (Å²) in [6.45, 7) is 6.08. The number of rotatable bonds is 10. The first kappa shape index (κ1) is 32.9. The van der Waals surface area contributed by atoms with Gasteiger partial charge in [0.2, 0.25) is 0 Å². The number of nitro groups is 1. The number of thiazole rings is 1. The van der Waals surface area contributed by atoms with E-state index in [9.17, 15) is 19.7 Å². The van der Waals surface area contributed by atoms with Gasteiger partial charge in [-0.3, -0.25) is 19.5 Å². The van der Waals surface area contributed by atoms with E-state index in [1.807, 2.05) is 55.5 Å². The molecule has 0 N–H and O–H groups in total. The lowest BCUT2D eigenvalue weighted by atomic mass is 9.91. The third-order valence-electron chi connectivity index (χ3n) is 7.79. The zero-order valence-electron chi connectivity index (χ0n) is 26.3. The Morgan fingerprint density at radius 2 is 1.79 bits per heavy atom. The summed E-state index contributed by atoms with van der Waals surface area (Å²) in [6.07, 6.45) is 1.76. The summed E-state index contributed by atoms with van der Waals surface area (Å²) in [5, 5.41) is 12.9. The van der Waals surface area contributed by atoms with E-state index in [1.165, 1.54) is 23.5 Å². The van der Waals surface area contributed by atoms with Crippen LogP contribution in [0.4, 0.5) is 5.69 Å². The number of hydrogen-bond acceptors (Lipinski definition) is 9. The van der Waals surface area contributed by atoms with Crippen LogP contribution >= 0.6 is 27.3 Å². The molecule has 4 aromatic carbocycles. The van der Waals surface area contributed by atoms with Crippen LogP contribution in [0.3, 0.4) is 0 Å². The second-order valence-corrected chi connectivity index (χ2v) is 12.7. The third-order valence-corrected chi connectivity index (χ3v) is 9.37. The molecule has 0 amide bonds. The molecule has 2 heterocycles. The van der Waals surface area contributed by atoms with Crippen LogP contribution in [0.25, 0.3) is 16.8 Å². The third kappa shape index (κ3) is 6.41. The predicted molar refractivity (Wildman–Crippen MR) is 187 cm³/mol. The van der Waals surface area contributed by atoms with Gasteiger partial charge in [-0.15, -0.1) is 0 Å². The summed E-state index contributed by atoms with van der Waals surface area (Å²) in [6, 6.07) is 22.7. The van der Waals surface area contributed by atoms with Gasteiger partial charge in [-0.05, 0) is 94.5 Å². The van der Waals surface area contributed by atoms with Crippen molar-refractivity contribution in [3.63, 3.8) is 0 Å². The number of benzene rings is 4. The standard InChI is InChI=1S/C36H30BrN3O7S/c1-4-45-29-18-23(17-28(37)33(29)47-20-22-13-15-25(16-14-22)40(43)44)19-30-34(41)39-32(27-12-8-10-24-9-6-7-11-26(24)27)31(35(42)46-5-2)21(3)38-36(39)48-30/h6-19,32H,4-5,20H2,1-3H3/b30-19-/t32-/m1/s1. The fourth-order valence-electron chi connectivity index (χ4n) is 5.67. The van der Waals surface area contributed by atoms with Crippen LogP contribution in [0.15, 0.2) is 104 Å². The van der Waals surface area contributed by atoms with Crippen LogP contribution in [-0.2, 0) is 16.1 Å². The average molecular weight is 729 g/mol. The number of ether oxygens (including phenoxy) is 3. The molecule has 0 bridgehead atoms. The predicted octanol–water partition coefficient (Wildman–Crippen LogP) is 6.60. The molecule has 1 aromatic heterocycles. The Kier molecular flexibility index (Phi) is 9.56. The maximum atomic E-state index is 14.3. The molecule has 0 radical (unpaired) electrons. The average Bonchev–Trinajstić information content (AvgIpc) is 3.37. The van der Waals surface area contributed by atoms with Crippen molar-refractivity contribution in [2.24, 2.45) is 4.99 Å². The van der Waals surface area contributed by atoms with Crippen molar-refractivity contribution in [3.05, 3.63) is 141 Å². The monoisotopic (exact) mass is 727 g/mol. The highest BCUT2D eigenvalue weighted by Gasteiger charge is 2.34. The zero-order valence-corrected chi connectivity index (χ0v) is 28.7. The molecule has 1 aliphatic rings. The largest absolute Gasteiger partial charge is 0.490 e. The smallest absolute Gasteiger partial charge is 0.338 e. The number of halogens is 1. The number of carbonyl (C=O) groups is 1. The minimum absolute atomic E-state index is 0.000265. The van der Waals surface area contributed by atoms with Crippen LogP contribution in [0, 0.1) is 10.1 Å². The molecule has 0 saturated carbocycles. The quantitative estimate of drug-likeness (QED) is 0.0903. The minimum Gasteiger partial charge on any atom is -0.490 e. The summed E-state index contributed by atoms with van der Waals surface area (Å²) in [5.41, 5.74) is 2.76. The zero-order chi connectivity index (χ0) is 33.9. The number of esters is 1. The van der Waals surface area contributed by atoms with Crippen molar-refractivity contribution in [1.29, 1.82) is 0 Å². The number of nitrogens with zero attached hydrogens (tertiary/aromatic N) is 3. The Labute approximate surface area is 287 Å².